The summed E-state index contributed by atoms with van der Waals surface area (Å²) in [6.07, 6.45) is 5.45. The van der Waals surface area contributed by atoms with Gasteiger partial charge < -0.3 is 5.32 Å². The van der Waals surface area contributed by atoms with E-state index in [4.69, 9.17) is 0 Å². The molecule has 0 spiro atoms. The number of aromatic amines is 1. The highest BCUT2D eigenvalue weighted by Gasteiger charge is 2.17. The van der Waals surface area contributed by atoms with Crippen molar-refractivity contribution < 1.29 is 0 Å². The fourth-order valence-electron chi connectivity index (χ4n) is 2.33. The number of hydrogen-bond donors (Lipinski definition) is 2. The lowest BCUT2D eigenvalue weighted by Crippen LogP contribution is -2.22. The SMILES string of the molecule is CCNC(c1cn[nH]n1)c1cccc2cnccc12. The van der Waals surface area contributed by atoms with Gasteiger partial charge in [0, 0.05) is 17.8 Å². The van der Waals surface area contributed by atoms with Gasteiger partial charge in [0.25, 0.3) is 0 Å². The van der Waals surface area contributed by atoms with Crippen LogP contribution in [0, 0.1) is 0 Å². The third kappa shape index (κ3) is 2.20. The topological polar surface area (TPSA) is 66.5 Å². The van der Waals surface area contributed by atoms with Crippen LogP contribution in [0.15, 0.2) is 42.9 Å². The summed E-state index contributed by atoms with van der Waals surface area (Å²) >= 11 is 0. The Labute approximate surface area is 111 Å². The first-order valence-electron chi connectivity index (χ1n) is 6.32. The lowest BCUT2D eigenvalue weighted by Gasteiger charge is -2.17. The second-order valence-electron chi connectivity index (χ2n) is 4.33. The van der Waals surface area contributed by atoms with Crippen molar-refractivity contribution in [2.75, 3.05) is 6.54 Å². The summed E-state index contributed by atoms with van der Waals surface area (Å²) in [6.45, 7) is 2.94. The van der Waals surface area contributed by atoms with Gasteiger partial charge >= 0.3 is 0 Å². The van der Waals surface area contributed by atoms with E-state index in [1.165, 1.54) is 10.9 Å². The van der Waals surface area contributed by atoms with Crippen LogP contribution in [0.1, 0.15) is 24.2 Å². The summed E-state index contributed by atoms with van der Waals surface area (Å²) in [7, 11) is 0. The molecule has 0 aliphatic rings. The summed E-state index contributed by atoms with van der Waals surface area (Å²) in [4.78, 5) is 4.17. The first-order chi connectivity index (χ1) is 9.40. The molecule has 0 fully saturated rings. The molecule has 2 heterocycles. The maximum absolute atomic E-state index is 4.20. The molecular weight excluding hydrogens is 238 g/mol. The summed E-state index contributed by atoms with van der Waals surface area (Å²) in [5.41, 5.74) is 2.09. The van der Waals surface area contributed by atoms with Crippen molar-refractivity contribution in [2.45, 2.75) is 13.0 Å². The predicted octanol–water partition coefficient (Wildman–Crippen LogP) is 2.05. The van der Waals surface area contributed by atoms with Crippen LogP contribution in [-0.2, 0) is 0 Å². The first kappa shape index (κ1) is 11.8. The van der Waals surface area contributed by atoms with Gasteiger partial charge in [-0.1, -0.05) is 25.1 Å². The van der Waals surface area contributed by atoms with Gasteiger partial charge in [0.05, 0.1) is 12.2 Å². The molecule has 0 saturated carbocycles. The first-order valence-corrected chi connectivity index (χ1v) is 6.32. The van der Waals surface area contributed by atoms with Crippen LogP contribution in [0.25, 0.3) is 10.8 Å². The lowest BCUT2D eigenvalue weighted by molar-refractivity contribution is 0.617. The Hall–Kier alpha value is -2.27. The normalized spacial score (nSPS) is 12.7. The molecule has 2 aromatic heterocycles. The van der Waals surface area contributed by atoms with Gasteiger partial charge in [-0.2, -0.15) is 15.4 Å². The smallest absolute Gasteiger partial charge is 0.104 e. The fraction of sp³-hybridized carbons (Fsp3) is 0.214. The second-order valence-corrected chi connectivity index (χ2v) is 4.33. The van der Waals surface area contributed by atoms with Crippen molar-refractivity contribution in [1.82, 2.24) is 25.7 Å². The minimum absolute atomic E-state index is 0.0369. The number of benzene rings is 1. The maximum Gasteiger partial charge on any atom is 0.104 e. The molecule has 1 aromatic carbocycles. The molecule has 0 bridgehead atoms. The third-order valence-electron chi connectivity index (χ3n) is 3.16. The second kappa shape index (κ2) is 5.16. The van der Waals surface area contributed by atoms with E-state index < -0.39 is 0 Å². The molecule has 5 nitrogen and oxygen atoms in total. The zero-order valence-corrected chi connectivity index (χ0v) is 10.7. The minimum Gasteiger partial charge on any atom is -0.305 e. The monoisotopic (exact) mass is 253 g/mol. The molecule has 5 heteroatoms. The highest BCUT2D eigenvalue weighted by atomic mass is 15.3. The number of hydrogen-bond acceptors (Lipinski definition) is 4. The Morgan fingerprint density at radius 3 is 3.00 bits per heavy atom. The van der Waals surface area contributed by atoms with Crippen molar-refractivity contribution in [3.05, 3.63) is 54.1 Å². The highest BCUT2D eigenvalue weighted by Crippen LogP contribution is 2.27. The Kier molecular flexibility index (Phi) is 3.20. The van der Waals surface area contributed by atoms with Crippen molar-refractivity contribution in [3.8, 4) is 0 Å². The van der Waals surface area contributed by atoms with Gasteiger partial charge in [-0.15, -0.1) is 0 Å². The minimum atomic E-state index is 0.0369. The van der Waals surface area contributed by atoms with Crippen LogP contribution < -0.4 is 5.32 Å². The number of aromatic nitrogens is 4. The average Bonchev–Trinajstić information content (AvgIpc) is 2.98. The standard InChI is InChI=1S/C14H15N5/c1-2-16-14(13-9-17-19-18-13)12-5-3-4-10-8-15-7-6-11(10)12/h3-9,14,16H,2H2,1H3,(H,17,18,19). The van der Waals surface area contributed by atoms with E-state index in [1.54, 1.807) is 6.20 Å². The Balaban J connectivity index is 2.15. The van der Waals surface area contributed by atoms with Gasteiger partial charge in [-0.05, 0) is 23.6 Å². The zero-order chi connectivity index (χ0) is 13.1. The van der Waals surface area contributed by atoms with Crippen LogP contribution in [0.4, 0.5) is 0 Å². The van der Waals surface area contributed by atoms with Gasteiger partial charge in [-0.25, -0.2) is 0 Å². The summed E-state index contributed by atoms with van der Waals surface area (Å²) in [6, 6.07) is 8.30. The molecule has 19 heavy (non-hydrogen) atoms. The van der Waals surface area contributed by atoms with Crippen LogP contribution in [0.3, 0.4) is 0 Å². The number of rotatable bonds is 4. The lowest BCUT2D eigenvalue weighted by atomic mass is 9.98. The summed E-state index contributed by atoms with van der Waals surface area (Å²) in [5.74, 6) is 0. The maximum atomic E-state index is 4.20. The Bertz CT molecular complexity index is 657. The fourth-order valence-corrected chi connectivity index (χ4v) is 2.33. The van der Waals surface area contributed by atoms with Gasteiger partial charge in [0.1, 0.15) is 5.69 Å². The zero-order valence-electron chi connectivity index (χ0n) is 10.7. The molecule has 0 aliphatic carbocycles. The van der Waals surface area contributed by atoms with E-state index in [1.807, 2.05) is 24.5 Å². The molecule has 3 rings (SSSR count). The van der Waals surface area contributed by atoms with Crippen molar-refractivity contribution in [3.63, 3.8) is 0 Å². The van der Waals surface area contributed by atoms with Crippen LogP contribution in [0.5, 0.6) is 0 Å². The van der Waals surface area contributed by atoms with E-state index in [-0.39, 0.29) is 6.04 Å². The van der Waals surface area contributed by atoms with E-state index in [0.717, 1.165) is 17.6 Å². The number of nitrogens with one attached hydrogen (secondary N) is 2. The Morgan fingerprint density at radius 1 is 1.26 bits per heavy atom. The molecule has 0 aliphatic heterocycles. The van der Waals surface area contributed by atoms with E-state index >= 15 is 0 Å². The van der Waals surface area contributed by atoms with E-state index in [0.29, 0.717) is 0 Å². The van der Waals surface area contributed by atoms with Gasteiger partial charge in [0.15, 0.2) is 0 Å². The van der Waals surface area contributed by atoms with Crippen LogP contribution in [0.2, 0.25) is 0 Å². The van der Waals surface area contributed by atoms with Crippen molar-refractivity contribution in [1.29, 1.82) is 0 Å². The molecule has 0 saturated heterocycles. The van der Waals surface area contributed by atoms with Crippen LogP contribution >= 0.6 is 0 Å². The number of nitrogens with zero attached hydrogens (tertiary/aromatic N) is 3. The van der Waals surface area contributed by atoms with E-state index in [9.17, 15) is 0 Å². The van der Waals surface area contributed by atoms with Crippen molar-refractivity contribution in [2.24, 2.45) is 0 Å². The van der Waals surface area contributed by atoms with Gasteiger partial charge in [0.2, 0.25) is 0 Å². The third-order valence-corrected chi connectivity index (χ3v) is 3.16. The number of fused-ring (bicyclic) bond motifs is 1. The molecule has 2 N–H and O–H groups in total. The molecule has 1 unspecified atom stereocenters. The molecular formula is C14H15N5. The highest BCUT2D eigenvalue weighted by molar-refractivity contribution is 5.85. The molecule has 96 valence electrons. The number of H-pyrrole nitrogens is 1. The van der Waals surface area contributed by atoms with Crippen molar-refractivity contribution >= 4 is 10.8 Å². The summed E-state index contributed by atoms with van der Waals surface area (Å²) < 4.78 is 0. The predicted molar refractivity (Wildman–Crippen MR) is 73.6 cm³/mol. The quantitative estimate of drug-likeness (QED) is 0.747. The van der Waals surface area contributed by atoms with Gasteiger partial charge in [-0.3, -0.25) is 4.98 Å². The molecule has 1 atom stereocenters. The largest absolute Gasteiger partial charge is 0.305 e. The Morgan fingerprint density at radius 2 is 2.21 bits per heavy atom. The molecule has 3 aromatic rings. The molecule has 0 amide bonds. The number of pyridine rings is 1. The molecule has 0 radical (unpaired) electrons. The summed E-state index contributed by atoms with van der Waals surface area (Å²) in [5, 5.41) is 16.5. The van der Waals surface area contributed by atoms with E-state index in [2.05, 4.69) is 44.8 Å². The average molecular weight is 253 g/mol. The van der Waals surface area contributed by atoms with Crippen LogP contribution in [-0.4, -0.2) is 26.9 Å².